The molecule has 0 unspecified atom stereocenters. The summed E-state index contributed by atoms with van der Waals surface area (Å²) in [5, 5.41) is 0.712. The highest BCUT2D eigenvalue weighted by molar-refractivity contribution is 6.30. The fourth-order valence-corrected chi connectivity index (χ4v) is 3.32. The maximum atomic E-state index is 12.8. The Bertz CT molecular complexity index is 536. The van der Waals surface area contributed by atoms with E-state index in [1.54, 1.807) is 0 Å². The highest BCUT2D eigenvalue weighted by Gasteiger charge is 2.47. The molecule has 1 aromatic carbocycles. The average molecular weight is 308 g/mol. The van der Waals surface area contributed by atoms with E-state index in [9.17, 15) is 4.79 Å². The highest BCUT2D eigenvalue weighted by Crippen LogP contribution is 2.40. The highest BCUT2D eigenvalue weighted by atomic mass is 35.5. The van der Waals surface area contributed by atoms with E-state index in [4.69, 9.17) is 16.3 Å². The largest absolute Gasteiger partial charge is 0.360 e. The number of amides is 1. The van der Waals surface area contributed by atoms with Crippen molar-refractivity contribution in [1.29, 1.82) is 0 Å². The first-order chi connectivity index (χ1) is 9.88. The van der Waals surface area contributed by atoms with Crippen LogP contribution in [0.1, 0.15) is 45.2 Å². The van der Waals surface area contributed by atoms with E-state index in [1.807, 2.05) is 49.9 Å². The number of nitrogens with zero attached hydrogens (tertiary/aromatic N) is 1. The van der Waals surface area contributed by atoms with Crippen molar-refractivity contribution in [3.63, 3.8) is 0 Å². The summed E-state index contributed by atoms with van der Waals surface area (Å²) in [4.78, 5) is 14.8. The molecule has 0 bridgehead atoms. The third kappa shape index (κ3) is 2.95. The normalized spacial score (nSPS) is 28.8. The predicted octanol–water partition coefficient (Wildman–Crippen LogP) is 3.82. The number of hydrogen-bond donors (Lipinski definition) is 0. The zero-order valence-corrected chi connectivity index (χ0v) is 13.6. The van der Waals surface area contributed by atoms with Crippen LogP contribution >= 0.6 is 11.6 Å². The minimum Gasteiger partial charge on any atom is -0.360 e. The number of morpholine rings is 1. The molecule has 1 saturated heterocycles. The van der Waals surface area contributed by atoms with Crippen LogP contribution in [0.15, 0.2) is 24.3 Å². The molecular formula is C17H22ClNO2. The van der Waals surface area contributed by atoms with Crippen LogP contribution in [-0.2, 0) is 9.53 Å². The van der Waals surface area contributed by atoms with Crippen LogP contribution in [0.25, 0.3) is 0 Å². The van der Waals surface area contributed by atoms with Crippen LogP contribution in [0, 0.1) is 5.92 Å². The van der Waals surface area contributed by atoms with Gasteiger partial charge in [-0.25, -0.2) is 0 Å². The molecule has 1 aliphatic carbocycles. The van der Waals surface area contributed by atoms with Crippen molar-refractivity contribution in [1.82, 2.24) is 4.90 Å². The van der Waals surface area contributed by atoms with E-state index >= 15 is 0 Å². The SMILES string of the molecule is C[C@H]1OC(C)(C)C(=O)N(CC2CC2)[C@@H]1c1ccc(Cl)cc1. The molecule has 1 saturated carbocycles. The molecule has 3 nitrogen and oxygen atoms in total. The maximum absolute atomic E-state index is 12.8. The van der Waals surface area contributed by atoms with Crippen LogP contribution in [0.4, 0.5) is 0 Å². The molecule has 114 valence electrons. The fraction of sp³-hybridized carbons (Fsp3) is 0.588. The molecule has 1 amide bonds. The Balaban J connectivity index is 1.94. The summed E-state index contributed by atoms with van der Waals surface area (Å²) in [6.45, 7) is 6.62. The third-order valence-corrected chi connectivity index (χ3v) is 4.65. The van der Waals surface area contributed by atoms with E-state index < -0.39 is 5.60 Å². The van der Waals surface area contributed by atoms with Gasteiger partial charge in [0.05, 0.1) is 12.1 Å². The molecule has 0 aromatic heterocycles. The number of benzene rings is 1. The summed E-state index contributed by atoms with van der Waals surface area (Å²) in [7, 11) is 0. The summed E-state index contributed by atoms with van der Waals surface area (Å²) in [5.74, 6) is 0.748. The number of carbonyl (C=O) groups is 1. The van der Waals surface area contributed by atoms with Crippen molar-refractivity contribution in [2.75, 3.05) is 6.54 Å². The predicted molar refractivity (Wildman–Crippen MR) is 83.3 cm³/mol. The molecule has 21 heavy (non-hydrogen) atoms. The minimum atomic E-state index is -0.739. The Kier molecular flexibility index (Phi) is 3.74. The molecule has 2 fully saturated rings. The van der Waals surface area contributed by atoms with Gasteiger partial charge in [0.2, 0.25) is 0 Å². The average Bonchev–Trinajstić information content (AvgIpc) is 3.21. The zero-order chi connectivity index (χ0) is 15.2. The molecule has 3 rings (SSSR count). The third-order valence-electron chi connectivity index (χ3n) is 4.40. The molecule has 2 aliphatic rings. The van der Waals surface area contributed by atoms with Crippen LogP contribution in [0.3, 0.4) is 0 Å². The van der Waals surface area contributed by atoms with Crippen LogP contribution < -0.4 is 0 Å². The van der Waals surface area contributed by atoms with Gasteiger partial charge in [-0.1, -0.05) is 23.7 Å². The first-order valence-electron chi connectivity index (χ1n) is 7.63. The van der Waals surface area contributed by atoms with Crippen molar-refractivity contribution >= 4 is 17.5 Å². The Morgan fingerprint density at radius 1 is 1.29 bits per heavy atom. The van der Waals surface area contributed by atoms with E-state index in [2.05, 4.69) is 0 Å². The van der Waals surface area contributed by atoms with Crippen molar-refractivity contribution < 1.29 is 9.53 Å². The second kappa shape index (κ2) is 5.29. The standard InChI is InChI=1S/C17H22ClNO2/c1-11-15(13-6-8-14(18)9-7-13)19(10-12-4-5-12)16(20)17(2,3)21-11/h6-9,11-12,15H,4-5,10H2,1-3H3/t11-,15+/m1/s1. The molecular weight excluding hydrogens is 286 g/mol. The summed E-state index contributed by atoms with van der Waals surface area (Å²) < 4.78 is 5.99. The summed E-state index contributed by atoms with van der Waals surface area (Å²) in [6.07, 6.45) is 2.43. The van der Waals surface area contributed by atoms with Gasteiger partial charge in [-0.15, -0.1) is 0 Å². The van der Waals surface area contributed by atoms with Gasteiger partial charge < -0.3 is 9.64 Å². The van der Waals surface area contributed by atoms with Crippen molar-refractivity contribution in [2.45, 2.75) is 51.4 Å². The molecule has 1 aliphatic heterocycles. The Labute approximate surface area is 131 Å². The van der Waals surface area contributed by atoms with Crippen molar-refractivity contribution in [3.05, 3.63) is 34.9 Å². The molecule has 1 aromatic rings. The van der Waals surface area contributed by atoms with E-state index in [0.717, 1.165) is 12.1 Å². The van der Waals surface area contributed by atoms with Gasteiger partial charge >= 0.3 is 0 Å². The van der Waals surface area contributed by atoms with Crippen LogP contribution in [0.2, 0.25) is 5.02 Å². The lowest BCUT2D eigenvalue weighted by molar-refractivity contribution is -0.189. The molecule has 0 spiro atoms. The zero-order valence-electron chi connectivity index (χ0n) is 12.8. The Hall–Kier alpha value is -1.06. The molecule has 4 heteroatoms. The second-order valence-electron chi connectivity index (χ2n) is 6.73. The van der Waals surface area contributed by atoms with Gasteiger partial charge in [-0.3, -0.25) is 4.79 Å². The summed E-state index contributed by atoms with van der Waals surface area (Å²) in [6, 6.07) is 7.73. The van der Waals surface area contributed by atoms with Crippen molar-refractivity contribution in [3.8, 4) is 0 Å². The molecule has 0 radical (unpaired) electrons. The van der Waals surface area contributed by atoms with Crippen LogP contribution in [-0.4, -0.2) is 29.1 Å². The lowest BCUT2D eigenvalue weighted by Crippen LogP contribution is -2.58. The molecule has 1 heterocycles. The van der Waals surface area contributed by atoms with Crippen LogP contribution in [0.5, 0.6) is 0 Å². The number of rotatable bonds is 3. The minimum absolute atomic E-state index is 0.0246. The summed E-state index contributed by atoms with van der Waals surface area (Å²) in [5.41, 5.74) is 0.355. The number of hydrogen-bond acceptors (Lipinski definition) is 2. The monoisotopic (exact) mass is 307 g/mol. The smallest absolute Gasteiger partial charge is 0.254 e. The first kappa shape index (κ1) is 14.9. The Morgan fingerprint density at radius 3 is 2.48 bits per heavy atom. The lowest BCUT2D eigenvalue weighted by atomic mass is 9.93. The summed E-state index contributed by atoms with van der Waals surface area (Å²) >= 11 is 5.98. The van der Waals surface area contributed by atoms with Gasteiger partial charge in [0.1, 0.15) is 5.60 Å². The van der Waals surface area contributed by atoms with Gasteiger partial charge in [-0.05, 0) is 57.2 Å². The fourth-order valence-electron chi connectivity index (χ4n) is 3.19. The molecule has 0 N–H and O–H groups in total. The quantitative estimate of drug-likeness (QED) is 0.849. The second-order valence-corrected chi connectivity index (χ2v) is 7.17. The number of halogens is 1. The van der Waals surface area contributed by atoms with Gasteiger partial charge in [0.25, 0.3) is 5.91 Å². The number of carbonyl (C=O) groups excluding carboxylic acids is 1. The van der Waals surface area contributed by atoms with Crippen molar-refractivity contribution in [2.24, 2.45) is 5.92 Å². The van der Waals surface area contributed by atoms with Gasteiger partial charge in [-0.2, -0.15) is 0 Å². The van der Waals surface area contributed by atoms with Gasteiger partial charge in [0.15, 0.2) is 0 Å². The van der Waals surface area contributed by atoms with E-state index in [-0.39, 0.29) is 18.1 Å². The van der Waals surface area contributed by atoms with E-state index in [0.29, 0.717) is 10.9 Å². The first-order valence-corrected chi connectivity index (χ1v) is 8.00. The molecule has 2 atom stereocenters. The van der Waals surface area contributed by atoms with Gasteiger partial charge in [0, 0.05) is 11.6 Å². The van der Waals surface area contributed by atoms with E-state index in [1.165, 1.54) is 12.8 Å². The Morgan fingerprint density at radius 2 is 1.90 bits per heavy atom. The maximum Gasteiger partial charge on any atom is 0.254 e. The number of ether oxygens (including phenoxy) is 1. The lowest BCUT2D eigenvalue weighted by Gasteiger charge is -2.47. The topological polar surface area (TPSA) is 29.5 Å².